The molecule has 0 atom stereocenters. The average molecular weight is 626 g/mol. The molecule has 49 heavy (non-hydrogen) atoms. The standard InChI is InChI=1S/C45H27N3O/c1-2-13-29(14-3-1)43-46-44(38-20-9-8-17-33(38)31-23-24-36-35-19-10-11-21-40(35)49-41(36)27-31)48-45(47-43)42-34-18-7-5-15-30(34)26-39-32-16-6-4-12-28(32)22-25-37(39)42/h1-27H. The van der Waals surface area contributed by atoms with Gasteiger partial charge in [0.1, 0.15) is 11.2 Å². The molecule has 0 amide bonds. The van der Waals surface area contributed by atoms with Crippen molar-refractivity contribution in [3.8, 4) is 45.3 Å². The molecule has 228 valence electrons. The molecule has 0 aliphatic heterocycles. The maximum Gasteiger partial charge on any atom is 0.165 e. The minimum Gasteiger partial charge on any atom is -0.456 e. The van der Waals surface area contributed by atoms with Crippen molar-refractivity contribution in [3.63, 3.8) is 0 Å². The van der Waals surface area contributed by atoms with Gasteiger partial charge in [0.2, 0.25) is 0 Å². The van der Waals surface area contributed by atoms with Gasteiger partial charge in [0, 0.05) is 27.5 Å². The Morgan fingerprint density at radius 1 is 0.327 bits per heavy atom. The predicted octanol–water partition coefficient (Wildman–Crippen LogP) is 11.9. The summed E-state index contributed by atoms with van der Waals surface area (Å²) < 4.78 is 6.29. The number of nitrogens with zero attached hydrogens (tertiary/aromatic N) is 3. The third-order valence-corrected chi connectivity index (χ3v) is 9.52. The molecule has 0 radical (unpaired) electrons. The van der Waals surface area contributed by atoms with Crippen molar-refractivity contribution in [2.75, 3.05) is 0 Å². The number of fused-ring (bicyclic) bond motifs is 7. The smallest absolute Gasteiger partial charge is 0.165 e. The van der Waals surface area contributed by atoms with Crippen LogP contribution in [0.4, 0.5) is 0 Å². The van der Waals surface area contributed by atoms with E-state index >= 15 is 0 Å². The van der Waals surface area contributed by atoms with E-state index in [-0.39, 0.29) is 0 Å². The molecule has 4 heteroatoms. The first kappa shape index (κ1) is 27.5. The van der Waals surface area contributed by atoms with Gasteiger partial charge in [-0.05, 0) is 67.7 Å². The van der Waals surface area contributed by atoms with Gasteiger partial charge in [-0.2, -0.15) is 0 Å². The zero-order valence-corrected chi connectivity index (χ0v) is 26.3. The van der Waals surface area contributed by atoms with Gasteiger partial charge < -0.3 is 4.42 Å². The first-order valence-corrected chi connectivity index (χ1v) is 16.4. The Morgan fingerprint density at radius 3 is 1.84 bits per heavy atom. The van der Waals surface area contributed by atoms with Gasteiger partial charge in [0.25, 0.3) is 0 Å². The van der Waals surface area contributed by atoms with Crippen LogP contribution in [-0.2, 0) is 0 Å². The second-order valence-corrected chi connectivity index (χ2v) is 12.4. The molecule has 0 bridgehead atoms. The lowest BCUT2D eigenvalue weighted by molar-refractivity contribution is 0.669. The van der Waals surface area contributed by atoms with Crippen LogP contribution in [0.3, 0.4) is 0 Å². The molecule has 2 heterocycles. The Labute approximate surface area is 282 Å². The number of furan rings is 1. The second-order valence-electron chi connectivity index (χ2n) is 12.4. The molecule has 0 saturated carbocycles. The molecule has 0 fully saturated rings. The minimum atomic E-state index is 0.617. The van der Waals surface area contributed by atoms with E-state index in [9.17, 15) is 0 Å². The van der Waals surface area contributed by atoms with Crippen LogP contribution in [0, 0.1) is 0 Å². The molecule has 0 spiro atoms. The van der Waals surface area contributed by atoms with E-state index in [1.807, 2.05) is 42.5 Å². The maximum atomic E-state index is 6.29. The molecule has 0 N–H and O–H groups in total. The van der Waals surface area contributed by atoms with Gasteiger partial charge in [-0.3, -0.25) is 0 Å². The summed E-state index contributed by atoms with van der Waals surface area (Å²) in [5.74, 6) is 1.89. The number of hydrogen-bond donors (Lipinski definition) is 0. The minimum absolute atomic E-state index is 0.617. The molecule has 0 saturated heterocycles. The molecule has 10 rings (SSSR count). The Kier molecular flexibility index (Phi) is 6.15. The van der Waals surface area contributed by atoms with Crippen molar-refractivity contribution < 1.29 is 4.42 Å². The number of aromatic nitrogens is 3. The molecule has 0 aliphatic carbocycles. The SMILES string of the molecule is c1ccc(-c2nc(-c3ccccc3-c3ccc4c(c3)oc3ccccc34)nc(-c3c4ccccc4cc4c3ccc3ccccc34)n2)cc1. The van der Waals surface area contributed by atoms with E-state index in [4.69, 9.17) is 19.4 Å². The van der Waals surface area contributed by atoms with Crippen molar-refractivity contribution in [1.29, 1.82) is 0 Å². The number of benzene rings is 8. The van der Waals surface area contributed by atoms with Crippen LogP contribution < -0.4 is 0 Å². The van der Waals surface area contributed by atoms with Gasteiger partial charge in [-0.15, -0.1) is 0 Å². The van der Waals surface area contributed by atoms with E-state index in [0.29, 0.717) is 17.5 Å². The highest BCUT2D eigenvalue weighted by Gasteiger charge is 2.20. The summed E-state index contributed by atoms with van der Waals surface area (Å²) in [6.07, 6.45) is 0. The molecule has 0 unspecified atom stereocenters. The van der Waals surface area contributed by atoms with Gasteiger partial charge >= 0.3 is 0 Å². The second kappa shape index (κ2) is 11.0. The van der Waals surface area contributed by atoms with E-state index in [1.54, 1.807) is 0 Å². The van der Waals surface area contributed by atoms with Gasteiger partial charge in [0.05, 0.1) is 0 Å². The Balaban J connectivity index is 1.25. The zero-order valence-electron chi connectivity index (χ0n) is 26.3. The highest BCUT2D eigenvalue weighted by atomic mass is 16.3. The fraction of sp³-hybridized carbons (Fsp3) is 0. The largest absolute Gasteiger partial charge is 0.456 e. The van der Waals surface area contributed by atoms with Crippen molar-refractivity contribution in [2.24, 2.45) is 0 Å². The first-order chi connectivity index (χ1) is 24.3. The van der Waals surface area contributed by atoms with Crippen molar-refractivity contribution >= 4 is 54.3 Å². The van der Waals surface area contributed by atoms with E-state index < -0.39 is 0 Å². The number of rotatable bonds is 4. The van der Waals surface area contributed by atoms with E-state index in [1.165, 1.54) is 16.2 Å². The summed E-state index contributed by atoms with van der Waals surface area (Å²) in [4.78, 5) is 15.7. The fourth-order valence-corrected chi connectivity index (χ4v) is 7.21. The average Bonchev–Trinajstić information content (AvgIpc) is 3.55. The van der Waals surface area contributed by atoms with Crippen molar-refractivity contribution in [1.82, 2.24) is 15.0 Å². The molecular weight excluding hydrogens is 599 g/mol. The maximum absolute atomic E-state index is 6.29. The van der Waals surface area contributed by atoms with E-state index in [2.05, 4.69) is 121 Å². The van der Waals surface area contributed by atoms with Crippen LogP contribution >= 0.6 is 0 Å². The summed E-state index contributed by atoms with van der Waals surface area (Å²) in [6.45, 7) is 0. The monoisotopic (exact) mass is 625 g/mol. The Morgan fingerprint density at radius 2 is 0.959 bits per heavy atom. The van der Waals surface area contributed by atoms with Crippen LogP contribution in [0.2, 0.25) is 0 Å². The topological polar surface area (TPSA) is 51.8 Å². The van der Waals surface area contributed by atoms with Crippen LogP contribution in [0.15, 0.2) is 168 Å². The van der Waals surface area contributed by atoms with Crippen LogP contribution in [0.25, 0.3) is 99.5 Å². The lowest BCUT2D eigenvalue weighted by Gasteiger charge is -2.15. The summed E-state index contributed by atoms with van der Waals surface area (Å²) in [7, 11) is 0. The molecule has 4 nitrogen and oxygen atoms in total. The molecular formula is C45H27N3O. The van der Waals surface area contributed by atoms with Crippen LogP contribution in [0.5, 0.6) is 0 Å². The molecule has 8 aromatic carbocycles. The fourth-order valence-electron chi connectivity index (χ4n) is 7.21. The summed E-state index contributed by atoms with van der Waals surface area (Å²) >= 11 is 0. The van der Waals surface area contributed by atoms with Gasteiger partial charge in [-0.25, -0.2) is 15.0 Å². The van der Waals surface area contributed by atoms with Gasteiger partial charge in [0.15, 0.2) is 17.5 Å². The molecule has 0 aliphatic rings. The zero-order chi connectivity index (χ0) is 32.3. The highest BCUT2D eigenvalue weighted by Crippen LogP contribution is 2.40. The molecule has 10 aromatic rings. The summed E-state index contributed by atoms with van der Waals surface area (Å²) in [6, 6.07) is 56.9. The summed E-state index contributed by atoms with van der Waals surface area (Å²) in [5, 5.41) is 9.15. The lowest BCUT2D eigenvalue weighted by Crippen LogP contribution is -2.02. The van der Waals surface area contributed by atoms with Crippen LogP contribution in [-0.4, -0.2) is 15.0 Å². The van der Waals surface area contributed by atoms with Gasteiger partial charge in [-0.1, -0.05) is 140 Å². The Bertz CT molecular complexity index is 2890. The lowest BCUT2D eigenvalue weighted by atomic mass is 9.93. The van der Waals surface area contributed by atoms with E-state index in [0.717, 1.165) is 65.9 Å². The third kappa shape index (κ3) is 4.49. The third-order valence-electron chi connectivity index (χ3n) is 9.52. The van der Waals surface area contributed by atoms with Crippen LogP contribution in [0.1, 0.15) is 0 Å². The quantitative estimate of drug-likeness (QED) is 0.144. The summed E-state index contributed by atoms with van der Waals surface area (Å²) in [5.41, 5.74) is 6.65. The molecule has 2 aromatic heterocycles. The van der Waals surface area contributed by atoms with Crippen molar-refractivity contribution in [3.05, 3.63) is 164 Å². The predicted molar refractivity (Wildman–Crippen MR) is 201 cm³/mol. The Hall–Kier alpha value is -6.65. The highest BCUT2D eigenvalue weighted by molar-refractivity contribution is 6.19. The number of hydrogen-bond acceptors (Lipinski definition) is 4. The normalized spacial score (nSPS) is 11.7. The van der Waals surface area contributed by atoms with Crippen molar-refractivity contribution in [2.45, 2.75) is 0 Å². The first-order valence-electron chi connectivity index (χ1n) is 16.4. The number of para-hydroxylation sites is 1.